The van der Waals surface area contributed by atoms with Gasteiger partial charge in [-0.05, 0) is 20.9 Å². The summed E-state index contributed by atoms with van der Waals surface area (Å²) in [5.41, 5.74) is 4.65. The second kappa shape index (κ2) is 4.33. The van der Waals surface area contributed by atoms with E-state index in [1.54, 1.807) is 0 Å². The second-order valence-electron chi connectivity index (χ2n) is 4.38. The summed E-state index contributed by atoms with van der Waals surface area (Å²) in [6.45, 7) is 4.14. The second-order valence-corrected chi connectivity index (χ2v) is 4.38. The van der Waals surface area contributed by atoms with E-state index in [0.717, 1.165) is 11.3 Å². The zero-order valence-corrected chi connectivity index (χ0v) is 11.0. The van der Waals surface area contributed by atoms with E-state index in [-0.39, 0.29) is 6.04 Å². The Hall–Kier alpha value is -1.62. The van der Waals surface area contributed by atoms with Crippen LogP contribution in [0.15, 0.2) is 12.4 Å². The fraction of sp³-hybridized carbons (Fsp3) is 0.500. The molecule has 0 aliphatic heterocycles. The lowest BCUT2D eigenvalue weighted by Crippen LogP contribution is -2.18. The van der Waals surface area contributed by atoms with Crippen molar-refractivity contribution < 1.29 is 0 Å². The first-order valence-electron chi connectivity index (χ1n) is 5.70. The van der Waals surface area contributed by atoms with Gasteiger partial charge in [-0.15, -0.1) is 0 Å². The Morgan fingerprint density at radius 1 is 1.29 bits per heavy atom. The van der Waals surface area contributed by atoms with Crippen LogP contribution in [-0.2, 0) is 14.1 Å². The van der Waals surface area contributed by atoms with Crippen molar-refractivity contribution >= 4 is 0 Å². The van der Waals surface area contributed by atoms with E-state index < -0.39 is 0 Å². The van der Waals surface area contributed by atoms with Gasteiger partial charge in [0.05, 0.1) is 17.9 Å². The van der Waals surface area contributed by atoms with E-state index in [1.807, 2.05) is 49.8 Å². The predicted octanol–water partition coefficient (Wildman–Crippen LogP) is 1.08. The number of nitrogens with zero attached hydrogens (tertiary/aromatic N) is 4. The Morgan fingerprint density at radius 3 is 2.41 bits per heavy atom. The van der Waals surface area contributed by atoms with Crippen molar-refractivity contribution in [3.05, 3.63) is 34.9 Å². The lowest BCUT2D eigenvalue weighted by Gasteiger charge is -2.15. The Bertz CT molecular complexity index is 523. The molecule has 5 heteroatoms. The summed E-state index contributed by atoms with van der Waals surface area (Å²) in [5.74, 6) is 0. The maximum Gasteiger partial charge on any atom is 0.0647 e. The van der Waals surface area contributed by atoms with Crippen molar-refractivity contribution in [1.82, 2.24) is 24.9 Å². The monoisotopic (exact) mass is 233 g/mol. The molecule has 17 heavy (non-hydrogen) atoms. The Labute approximate surface area is 101 Å². The maximum absolute atomic E-state index is 4.46. The summed E-state index contributed by atoms with van der Waals surface area (Å²) in [4.78, 5) is 0. The molecule has 2 heterocycles. The molecule has 0 saturated carbocycles. The largest absolute Gasteiger partial charge is 0.309 e. The van der Waals surface area contributed by atoms with Crippen LogP contribution >= 0.6 is 0 Å². The van der Waals surface area contributed by atoms with Crippen LogP contribution in [0.5, 0.6) is 0 Å². The molecule has 2 aromatic heterocycles. The van der Waals surface area contributed by atoms with E-state index in [1.165, 1.54) is 11.3 Å². The standard InChI is InChI=1S/C12H19N5/c1-8-11(9(2)17(5)15-8)12(13-3)10-6-14-16(4)7-10/h6-7,12-13H,1-5H3. The molecule has 1 unspecified atom stereocenters. The van der Waals surface area contributed by atoms with Crippen molar-refractivity contribution in [3.63, 3.8) is 0 Å². The topological polar surface area (TPSA) is 47.7 Å². The number of aryl methyl sites for hydroxylation is 3. The summed E-state index contributed by atoms with van der Waals surface area (Å²) in [5, 5.41) is 12.0. The van der Waals surface area contributed by atoms with Crippen molar-refractivity contribution in [2.75, 3.05) is 7.05 Å². The molecular formula is C12H19N5. The fourth-order valence-electron chi connectivity index (χ4n) is 2.27. The third-order valence-electron chi connectivity index (χ3n) is 3.20. The van der Waals surface area contributed by atoms with Gasteiger partial charge in [0.1, 0.15) is 0 Å². The SMILES string of the molecule is CNC(c1cnn(C)c1)c1c(C)nn(C)c1C. The minimum Gasteiger partial charge on any atom is -0.309 e. The van der Waals surface area contributed by atoms with Gasteiger partial charge in [0.25, 0.3) is 0 Å². The van der Waals surface area contributed by atoms with E-state index in [4.69, 9.17) is 0 Å². The third kappa shape index (κ3) is 1.98. The van der Waals surface area contributed by atoms with Crippen LogP contribution in [0.2, 0.25) is 0 Å². The molecule has 0 bridgehead atoms. The van der Waals surface area contributed by atoms with Crippen LogP contribution < -0.4 is 5.32 Å². The number of nitrogens with one attached hydrogen (secondary N) is 1. The zero-order chi connectivity index (χ0) is 12.6. The zero-order valence-electron chi connectivity index (χ0n) is 11.0. The molecule has 0 fully saturated rings. The molecule has 1 atom stereocenters. The van der Waals surface area contributed by atoms with Crippen LogP contribution in [0.25, 0.3) is 0 Å². The first-order chi connectivity index (χ1) is 8.04. The van der Waals surface area contributed by atoms with Crippen LogP contribution in [-0.4, -0.2) is 26.6 Å². The van der Waals surface area contributed by atoms with Gasteiger partial charge in [-0.25, -0.2) is 0 Å². The molecular weight excluding hydrogens is 214 g/mol. The smallest absolute Gasteiger partial charge is 0.0647 e. The van der Waals surface area contributed by atoms with Gasteiger partial charge in [0.2, 0.25) is 0 Å². The van der Waals surface area contributed by atoms with E-state index in [9.17, 15) is 0 Å². The summed E-state index contributed by atoms with van der Waals surface area (Å²) in [6.07, 6.45) is 3.93. The van der Waals surface area contributed by atoms with Gasteiger partial charge in [0, 0.05) is 37.1 Å². The Morgan fingerprint density at radius 2 is 2.00 bits per heavy atom. The summed E-state index contributed by atoms with van der Waals surface area (Å²) < 4.78 is 3.74. The van der Waals surface area contributed by atoms with Crippen LogP contribution in [0, 0.1) is 13.8 Å². The van der Waals surface area contributed by atoms with Crippen LogP contribution in [0.3, 0.4) is 0 Å². The number of hydrogen-bond donors (Lipinski definition) is 1. The lowest BCUT2D eigenvalue weighted by molar-refractivity contribution is 0.676. The third-order valence-corrected chi connectivity index (χ3v) is 3.20. The summed E-state index contributed by atoms with van der Waals surface area (Å²) in [6, 6.07) is 0.150. The fourth-order valence-corrected chi connectivity index (χ4v) is 2.27. The highest BCUT2D eigenvalue weighted by Crippen LogP contribution is 2.26. The van der Waals surface area contributed by atoms with Crippen molar-refractivity contribution in [2.24, 2.45) is 14.1 Å². The van der Waals surface area contributed by atoms with Crippen molar-refractivity contribution in [1.29, 1.82) is 0 Å². The molecule has 0 spiro atoms. The van der Waals surface area contributed by atoms with Gasteiger partial charge in [-0.2, -0.15) is 10.2 Å². The number of aromatic nitrogens is 4. The molecule has 0 saturated heterocycles. The highest BCUT2D eigenvalue weighted by molar-refractivity contribution is 5.35. The van der Waals surface area contributed by atoms with Gasteiger partial charge in [0.15, 0.2) is 0 Å². The minimum atomic E-state index is 0.150. The van der Waals surface area contributed by atoms with Gasteiger partial charge in [-0.1, -0.05) is 0 Å². The molecule has 2 aromatic rings. The van der Waals surface area contributed by atoms with Gasteiger partial charge >= 0.3 is 0 Å². The molecule has 0 aliphatic carbocycles. The average molecular weight is 233 g/mol. The first kappa shape index (κ1) is 11.9. The molecule has 5 nitrogen and oxygen atoms in total. The Kier molecular flexibility index (Phi) is 3.02. The highest BCUT2D eigenvalue weighted by Gasteiger charge is 2.21. The number of hydrogen-bond acceptors (Lipinski definition) is 3. The Balaban J connectivity index is 2.49. The molecule has 0 amide bonds. The molecule has 0 aliphatic rings. The van der Waals surface area contributed by atoms with E-state index in [0.29, 0.717) is 0 Å². The molecule has 0 aromatic carbocycles. The van der Waals surface area contributed by atoms with Crippen molar-refractivity contribution in [3.8, 4) is 0 Å². The summed E-state index contributed by atoms with van der Waals surface area (Å²) >= 11 is 0. The minimum absolute atomic E-state index is 0.150. The van der Waals surface area contributed by atoms with Crippen LogP contribution in [0.4, 0.5) is 0 Å². The summed E-state index contributed by atoms with van der Waals surface area (Å²) in [7, 11) is 5.87. The average Bonchev–Trinajstić information content (AvgIpc) is 2.79. The normalized spacial score (nSPS) is 13.0. The lowest BCUT2D eigenvalue weighted by atomic mass is 10.00. The van der Waals surface area contributed by atoms with Crippen LogP contribution in [0.1, 0.15) is 28.6 Å². The maximum atomic E-state index is 4.46. The van der Waals surface area contributed by atoms with Gasteiger partial charge in [-0.3, -0.25) is 9.36 Å². The van der Waals surface area contributed by atoms with E-state index >= 15 is 0 Å². The quantitative estimate of drug-likeness (QED) is 0.863. The number of rotatable bonds is 3. The highest BCUT2D eigenvalue weighted by atomic mass is 15.3. The molecule has 0 radical (unpaired) electrons. The molecule has 92 valence electrons. The van der Waals surface area contributed by atoms with Gasteiger partial charge < -0.3 is 5.32 Å². The molecule has 2 rings (SSSR count). The van der Waals surface area contributed by atoms with Crippen molar-refractivity contribution in [2.45, 2.75) is 19.9 Å². The predicted molar refractivity (Wildman–Crippen MR) is 66.8 cm³/mol. The first-order valence-corrected chi connectivity index (χ1v) is 5.70. The molecule has 1 N–H and O–H groups in total. The van der Waals surface area contributed by atoms with E-state index in [2.05, 4.69) is 22.4 Å².